The van der Waals surface area contributed by atoms with Crippen LogP contribution < -0.4 is 48.7 Å². The summed E-state index contributed by atoms with van der Waals surface area (Å²) in [6.45, 7) is 5.24. The van der Waals surface area contributed by atoms with Crippen molar-refractivity contribution in [2.24, 2.45) is 17.4 Å². The van der Waals surface area contributed by atoms with Crippen LogP contribution in [0.3, 0.4) is 0 Å². The first-order chi connectivity index (χ1) is 34.0. The molecule has 1 aromatic rings. The Labute approximate surface area is 420 Å². The zero-order valence-corrected chi connectivity index (χ0v) is 41.9. The summed E-state index contributed by atoms with van der Waals surface area (Å²) in [5, 5.41) is 38.2. The highest BCUT2D eigenvalue weighted by molar-refractivity contribution is 7.85. The summed E-state index contributed by atoms with van der Waals surface area (Å²) in [7, 11) is -2.15. The van der Waals surface area contributed by atoms with Crippen LogP contribution in [-0.2, 0) is 81.1 Å². The fraction of sp³-hybridized carbons (Fsp3) is 0.638. The summed E-state index contributed by atoms with van der Waals surface area (Å²) in [5.74, 6) is -11.4. The van der Waals surface area contributed by atoms with Gasteiger partial charge in [0.05, 0.1) is 18.8 Å². The van der Waals surface area contributed by atoms with E-state index in [-0.39, 0.29) is 95.4 Å². The molecule has 400 valence electrons. The summed E-state index contributed by atoms with van der Waals surface area (Å²) in [5.41, 5.74) is 10.0. The lowest BCUT2D eigenvalue weighted by Crippen LogP contribution is -2.66. The van der Waals surface area contributed by atoms with Crippen LogP contribution in [0.5, 0.6) is 5.75 Å². The number of phenolic OH excluding ortho intramolecular Hbond substituents is 1. The van der Waals surface area contributed by atoms with Gasteiger partial charge in [0.1, 0.15) is 47.3 Å². The third-order valence-electron chi connectivity index (χ3n) is 12.0. The van der Waals surface area contributed by atoms with E-state index in [9.17, 15) is 67.2 Å². The van der Waals surface area contributed by atoms with Crippen molar-refractivity contribution in [3.8, 4) is 5.75 Å². The Morgan fingerprint density at radius 3 is 2.12 bits per heavy atom. The number of aromatic hydroxyl groups is 1. The number of nitrogens with two attached hydrogens (primary N) is 2. The third kappa shape index (κ3) is 20.6. The van der Waals surface area contributed by atoms with Gasteiger partial charge in [-0.1, -0.05) is 45.2 Å². The molecule has 0 bridgehead atoms. The van der Waals surface area contributed by atoms with Gasteiger partial charge in [0.2, 0.25) is 53.2 Å². The molecule has 1 saturated heterocycles. The van der Waals surface area contributed by atoms with Crippen molar-refractivity contribution in [1.29, 1.82) is 0 Å². The quantitative estimate of drug-likeness (QED) is 0.0880. The highest BCUT2D eigenvalue weighted by Crippen LogP contribution is 2.30. The lowest BCUT2D eigenvalue weighted by molar-refractivity contribution is -0.143. The Kier molecular flexibility index (Phi) is 24.5. The van der Waals surface area contributed by atoms with E-state index < -0.39 is 136 Å². The first-order valence-corrected chi connectivity index (χ1v) is 25.7. The molecule has 25 heteroatoms. The van der Waals surface area contributed by atoms with Gasteiger partial charge in [0.15, 0.2) is 0 Å². The summed E-state index contributed by atoms with van der Waals surface area (Å²) in [6.07, 6.45) is 0.224. The number of amides is 9. The number of hydrogen-bond donors (Lipinski definition) is 11. The van der Waals surface area contributed by atoms with Crippen LogP contribution in [-0.4, -0.2) is 140 Å². The van der Waals surface area contributed by atoms with Crippen molar-refractivity contribution < 1.29 is 71.9 Å². The van der Waals surface area contributed by atoms with Gasteiger partial charge in [-0.3, -0.25) is 56.9 Å². The molecule has 1 aliphatic carbocycles. The molecule has 0 unspecified atom stereocenters. The number of carbonyl (C=O) groups is 11. The molecule has 72 heavy (non-hydrogen) atoms. The molecular weight excluding hydrogens is 963 g/mol. The average molecular weight is 1030 g/mol. The maximum absolute atomic E-state index is 14.8. The first kappa shape index (κ1) is 59.6. The molecule has 6 atom stereocenters. The van der Waals surface area contributed by atoms with Crippen LogP contribution in [0.4, 0.5) is 0 Å². The standard InChI is InChI=1S/C47H71N9O15S/c1-4-71-40(63)17-15-29-22-28(14-16-35(29)57)23-32-45(68)56-47(18-7-5-8-19-47)46(69)55-33(24-36(48)58)42(65)50-20-9-6-12-37(59)52-34(41(49)64)25-72(70)26-38(60)51-30(11-10-13-39(61)62)43(66)53-31(21-27(2)3)44(67)54-32/h14,16,22,27,30-34,57H,4-13,15,17-21,23-26H2,1-3H3,(H2,48,58)(H2,49,64)(H,50,65)(H,51,60)(H,52,59)(H,53,66)(H,54,67)(H,55,69)(H,56,68)(H,61,62)/t30-,31-,32-,33-,34-,72-/m0/s1. The first-order valence-electron chi connectivity index (χ1n) is 24.2. The number of phenols is 1. The van der Waals surface area contributed by atoms with E-state index in [4.69, 9.17) is 16.2 Å². The second-order valence-corrected chi connectivity index (χ2v) is 20.0. The lowest BCUT2D eigenvalue weighted by Gasteiger charge is -2.38. The monoisotopic (exact) mass is 1030 g/mol. The summed E-state index contributed by atoms with van der Waals surface area (Å²) >= 11 is 0. The number of rotatable bonds is 15. The van der Waals surface area contributed by atoms with Crippen molar-refractivity contribution in [2.75, 3.05) is 24.7 Å². The van der Waals surface area contributed by atoms with E-state index >= 15 is 0 Å². The second kappa shape index (κ2) is 29.6. The number of esters is 1. The number of nitrogens with one attached hydrogen (secondary N) is 7. The van der Waals surface area contributed by atoms with Gasteiger partial charge in [0, 0.05) is 43.0 Å². The fourth-order valence-corrected chi connectivity index (χ4v) is 9.40. The molecule has 2 fully saturated rings. The molecule has 1 spiro atoms. The number of carbonyl (C=O) groups excluding carboxylic acids is 10. The number of carboxylic acid groups (broad SMARTS) is 1. The smallest absolute Gasteiger partial charge is 0.306 e. The van der Waals surface area contributed by atoms with Gasteiger partial charge in [-0.15, -0.1) is 0 Å². The Morgan fingerprint density at radius 1 is 0.806 bits per heavy atom. The van der Waals surface area contributed by atoms with Crippen LogP contribution in [0, 0.1) is 5.92 Å². The molecule has 1 aromatic carbocycles. The Balaban J connectivity index is 2.14. The number of benzene rings is 1. The van der Waals surface area contributed by atoms with E-state index in [0.717, 1.165) is 0 Å². The minimum absolute atomic E-state index is 0.0289. The zero-order chi connectivity index (χ0) is 53.5. The number of aliphatic carboxylic acids is 1. The summed E-state index contributed by atoms with van der Waals surface area (Å²) < 4.78 is 18.2. The number of ether oxygens (including phenoxy) is 1. The third-order valence-corrected chi connectivity index (χ3v) is 13.3. The van der Waals surface area contributed by atoms with Crippen LogP contribution in [0.1, 0.15) is 122 Å². The minimum atomic E-state index is -2.15. The normalized spacial score (nSPS) is 23.7. The van der Waals surface area contributed by atoms with Crippen molar-refractivity contribution in [2.45, 2.75) is 159 Å². The molecule has 1 aliphatic heterocycles. The highest BCUT2D eigenvalue weighted by Gasteiger charge is 2.44. The molecule has 9 amide bonds. The van der Waals surface area contributed by atoms with Crippen molar-refractivity contribution >= 4 is 75.9 Å². The maximum Gasteiger partial charge on any atom is 0.306 e. The molecule has 0 radical (unpaired) electrons. The zero-order valence-electron chi connectivity index (χ0n) is 41.1. The van der Waals surface area contributed by atoms with Gasteiger partial charge in [0.25, 0.3) is 0 Å². The van der Waals surface area contributed by atoms with Gasteiger partial charge in [-0.2, -0.15) is 0 Å². The second-order valence-electron chi connectivity index (χ2n) is 18.5. The van der Waals surface area contributed by atoms with Crippen LogP contribution >= 0.6 is 0 Å². The fourth-order valence-electron chi connectivity index (χ4n) is 8.28. The van der Waals surface area contributed by atoms with Crippen LogP contribution in [0.15, 0.2) is 18.2 Å². The molecule has 2 aliphatic rings. The van der Waals surface area contributed by atoms with Crippen molar-refractivity contribution in [3.05, 3.63) is 29.3 Å². The lowest BCUT2D eigenvalue weighted by atomic mass is 9.80. The van der Waals surface area contributed by atoms with E-state index in [1.165, 1.54) is 18.2 Å². The molecule has 1 saturated carbocycles. The number of primary amides is 2. The van der Waals surface area contributed by atoms with Crippen LogP contribution in [0.2, 0.25) is 0 Å². The topological polar surface area (TPSA) is 391 Å². The molecule has 3 rings (SSSR count). The van der Waals surface area contributed by atoms with Gasteiger partial charge >= 0.3 is 11.9 Å². The predicted molar refractivity (Wildman–Crippen MR) is 259 cm³/mol. The van der Waals surface area contributed by atoms with E-state index in [1.807, 2.05) is 0 Å². The van der Waals surface area contributed by atoms with Gasteiger partial charge in [-0.05, 0) is 81.4 Å². The number of hydrogen-bond acceptors (Lipinski definition) is 14. The highest BCUT2D eigenvalue weighted by atomic mass is 32.2. The predicted octanol–water partition coefficient (Wildman–Crippen LogP) is -1.62. The number of carboxylic acids is 1. The van der Waals surface area contributed by atoms with Gasteiger partial charge in [-0.25, -0.2) is 0 Å². The molecule has 0 aromatic heterocycles. The number of aryl methyl sites for hydroxylation is 1. The van der Waals surface area contributed by atoms with Gasteiger partial charge < -0.3 is 63.6 Å². The Bertz CT molecular complexity index is 2170. The molecule has 1 heterocycles. The van der Waals surface area contributed by atoms with E-state index in [1.54, 1.807) is 20.8 Å². The van der Waals surface area contributed by atoms with Crippen molar-refractivity contribution in [1.82, 2.24) is 37.2 Å². The maximum atomic E-state index is 14.8. The molecule has 13 N–H and O–H groups in total. The summed E-state index contributed by atoms with van der Waals surface area (Å²) in [4.78, 5) is 145. The average Bonchev–Trinajstić information content (AvgIpc) is 3.29. The minimum Gasteiger partial charge on any atom is -0.508 e. The van der Waals surface area contributed by atoms with E-state index in [2.05, 4.69) is 37.2 Å². The molecule has 24 nitrogen and oxygen atoms in total. The largest absolute Gasteiger partial charge is 0.508 e. The Hall–Kier alpha value is -6.66. The molecular formula is C47H71N9O15S. The SMILES string of the molecule is CCOC(=O)CCc1cc(C[C@@H]2NC(=O)[C@H](CC(C)C)NC(=O)[C@H](CCCC(=O)O)NC(=O)C[S@@](=O)C[C@@H](C(N)=O)NC(=O)CCCCNC(=O)[C@H](CC(N)=O)NC(=O)C3(CCCCC3)NC2=O)ccc1O. The summed E-state index contributed by atoms with van der Waals surface area (Å²) in [6, 6.07) is -2.97. The van der Waals surface area contributed by atoms with Crippen molar-refractivity contribution in [3.63, 3.8) is 0 Å². The van der Waals surface area contributed by atoms with E-state index in [0.29, 0.717) is 30.4 Å². The van der Waals surface area contributed by atoms with Crippen LogP contribution in [0.25, 0.3) is 0 Å². The Morgan fingerprint density at radius 2 is 1.49 bits per heavy atom.